The summed E-state index contributed by atoms with van der Waals surface area (Å²) in [6, 6.07) is 13.1. The van der Waals surface area contributed by atoms with Gasteiger partial charge in [-0.25, -0.2) is 0 Å². The van der Waals surface area contributed by atoms with Gasteiger partial charge in [-0.1, -0.05) is 31.2 Å². The second kappa shape index (κ2) is 8.04. The summed E-state index contributed by atoms with van der Waals surface area (Å²) in [4.78, 5) is 16.7. The van der Waals surface area contributed by atoms with Crippen LogP contribution in [0.25, 0.3) is 0 Å². The fourth-order valence-corrected chi connectivity index (χ4v) is 4.98. The maximum absolute atomic E-state index is 13.1. The molecule has 2 aromatic rings. The van der Waals surface area contributed by atoms with E-state index in [0.29, 0.717) is 18.2 Å². The monoisotopic (exact) mass is 410 g/mol. The molecule has 0 spiro atoms. The zero-order valence-electron chi connectivity index (χ0n) is 17.7. The molecule has 4 nitrogen and oxygen atoms in total. The van der Waals surface area contributed by atoms with Crippen LogP contribution in [0.5, 0.6) is 5.75 Å². The van der Waals surface area contributed by atoms with E-state index in [1.165, 1.54) is 11.1 Å². The molecule has 2 aliphatic rings. The topological polar surface area (TPSA) is 41.6 Å². The number of nitrogens with one attached hydrogen (secondary N) is 1. The molecular formula is C24H30N2O2S. The Bertz CT molecular complexity index is 925. The molecule has 0 fully saturated rings. The predicted octanol–water partition coefficient (Wildman–Crippen LogP) is 4.30. The highest BCUT2D eigenvalue weighted by Crippen LogP contribution is 2.40. The van der Waals surface area contributed by atoms with Gasteiger partial charge in [0.05, 0.1) is 5.56 Å². The third kappa shape index (κ3) is 4.17. The molecule has 2 heterocycles. The van der Waals surface area contributed by atoms with E-state index in [9.17, 15) is 4.79 Å². The molecule has 154 valence electrons. The quantitative estimate of drug-likeness (QED) is 0.747. The van der Waals surface area contributed by atoms with Crippen molar-refractivity contribution in [1.29, 1.82) is 0 Å². The number of carbonyl (C=O) groups excluding carboxylic acids is 1. The first-order chi connectivity index (χ1) is 13.9. The smallest absolute Gasteiger partial charge is 0.255 e. The van der Waals surface area contributed by atoms with Crippen LogP contribution in [0.15, 0.2) is 41.3 Å². The zero-order chi connectivity index (χ0) is 20.6. The molecular weight excluding hydrogens is 380 g/mol. The van der Waals surface area contributed by atoms with Gasteiger partial charge < -0.3 is 10.1 Å². The molecule has 2 aromatic carbocycles. The third-order valence-electron chi connectivity index (χ3n) is 5.98. The number of fused-ring (bicyclic) bond motifs is 2. The molecule has 0 radical (unpaired) electrons. The number of thioether (sulfide) groups is 1. The van der Waals surface area contributed by atoms with Gasteiger partial charge in [0.15, 0.2) is 0 Å². The van der Waals surface area contributed by atoms with Gasteiger partial charge in [-0.3, -0.25) is 9.69 Å². The zero-order valence-corrected chi connectivity index (χ0v) is 18.6. The minimum Gasteiger partial charge on any atom is -0.486 e. The van der Waals surface area contributed by atoms with E-state index in [-0.39, 0.29) is 11.5 Å². The second-order valence-electron chi connectivity index (χ2n) is 8.60. The van der Waals surface area contributed by atoms with Crippen molar-refractivity contribution in [2.45, 2.75) is 56.7 Å². The molecule has 0 aliphatic carbocycles. The number of hydrogen-bond acceptors (Lipinski definition) is 4. The van der Waals surface area contributed by atoms with Crippen molar-refractivity contribution in [2.24, 2.45) is 0 Å². The number of amides is 1. The van der Waals surface area contributed by atoms with Gasteiger partial charge in [-0.05, 0) is 56.3 Å². The standard InChI is InChI=1S/C24H30N2O2S/c1-5-26-15-17-9-7-6-8-16(17)10-19(26)14-25-23(27)21-12-20(29-4)11-18-13-24(2,3)28-22(18)21/h6-9,11-12,19H,5,10,13-15H2,1-4H3,(H,25,27)/t19-/m0/s1. The molecule has 2 aliphatic heterocycles. The Kier molecular flexibility index (Phi) is 5.63. The average Bonchev–Trinajstić information content (AvgIpc) is 3.03. The maximum atomic E-state index is 13.1. The number of hydrogen-bond donors (Lipinski definition) is 1. The van der Waals surface area contributed by atoms with E-state index in [4.69, 9.17) is 4.74 Å². The summed E-state index contributed by atoms with van der Waals surface area (Å²) < 4.78 is 6.15. The van der Waals surface area contributed by atoms with Crippen LogP contribution in [-0.4, -0.2) is 41.8 Å². The fourth-order valence-electron chi connectivity index (χ4n) is 4.49. The number of rotatable bonds is 5. The van der Waals surface area contributed by atoms with E-state index >= 15 is 0 Å². The molecule has 0 bridgehead atoms. The molecule has 0 unspecified atom stereocenters. The lowest BCUT2D eigenvalue weighted by molar-refractivity contribution is 0.0914. The van der Waals surface area contributed by atoms with Crippen LogP contribution in [0.4, 0.5) is 0 Å². The summed E-state index contributed by atoms with van der Waals surface area (Å²) in [5, 5.41) is 3.20. The van der Waals surface area contributed by atoms with Crippen LogP contribution in [0.1, 0.15) is 47.8 Å². The summed E-state index contributed by atoms with van der Waals surface area (Å²) in [6.07, 6.45) is 3.85. The Balaban J connectivity index is 1.51. The highest BCUT2D eigenvalue weighted by atomic mass is 32.2. The molecule has 29 heavy (non-hydrogen) atoms. The summed E-state index contributed by atoms with van der Waals surface area (Å²) in [5.74, 6) is 0.719. The largest absolute Gasteiger partial charge is 0.486 e. The van der Waals surface area contributed by atoms with E-state index in [1.54, 1.807) is 11.8 Å². The number of nitrogens with zero attached hydrogens (tertiary/aromatic N) is 1. The van der Waals surface area contributed by atoms with Crippen LogP contribution < -0.4 is 10.1 Å². The van der Waals surface area contributed by atoms with Gasteiger partial charge in [-0.2, -0.15) is 0 Å². The average molecular weight is 411 g/mol. The van der Waals surface area contributed by atoms with Gasteiger partial charge >= 0.3 is 0 Å². The van der Waals surface area contributed by atoms with Crippen LogP contribution in [-0.2, 0) is 19.4 Å². The fraction of sp³-hybridized carbons (Fsp3) is 0.458. The van der Waals surface area contributed by atoms with Gasteiger partial charge in [0, 0.05) is 36.0 Å². The number of likely N-dealkylation sites (N-methyl/N-ethyl adjacent to an activating group) is 1. The first-order valence-electron chi connectivity index (χ1n) is 10.4. The second-order valence-corrected chi connectivity index (χ2v) is 9.48. The van der Waals surface area contributed by atoms with Crippen molar-refractivity contribution < 1.29 is 9.53 Å². The van der Waals surface area contributed by atoms with Gasteiger partial charge in [0.1, 0.15) is 11.4 Å². The summed E-state index contributed by atoms with van der Waals surface area (Å²) >= 11 is 1.67. The normalized spacial score (nSPS) is 19.9. The van der Waals surface area contributed by atoms with Crippen LogP contribution in [0, 0.1) is 0 Å². The van der Waals surface area contributed by atoms with Crippen molar-refractivity contribution in [3.63, 3.8) is 0 Å². The Morgan fingerprint density at radius 2 is 2.00 bits per heavy atom. The Labute approximate surface area is 178 Å². The Morgan fingerprint density at radius 3 is 2.72 bits per heavy atom. The lowest BCUT2D eigenvalue weighted by atomic mass is 9.94. The molecule has 0 saturated heterocycles. The van der Waals surface area contributed by atoms with E-state index in [0.717, 1.165) is 42.1 Å². The highest BCUT2D eigenvalue weighted by molar-refractivity contribution is 7.98. The van der Waals surface area contributed by atoms with E-state index in [2.05, 4.69) is 61.3 Å². The summed E-state index contributed by atoms with van der Waals surface area (Å²) in [6.45, 7) is 8.90. The highest BCUT2D eigenvalue weighted by Gasteiger charge is 2.34. The number of ether oxygens (including phenoxy) is 1. The molecule has 0 aromatic heterocycles. The van der Waals surface area contributed by atoms with Gasteiger partial charge in [-0.15, -0.1) is 11.8 Å². The number of carbonyl (C=O) groups is 1. The van der Waals surface area contributed by atoms with Crippen LogP contribution >= 0.6 is 11.8 Å². The van der Waals surface area contributed by atoms with Crippen molar-refractivity contribution in [3.05, 3.63) is 58.7 Å². The van der Waals surface area contributed by atoms with E-state index in [1.807, 2.05) is 12.3 Å². The van der Waals surface area contributed by atoms with Gasteiger partial charge in [0.2, 0.25) is 0 Å². The summed E-state index contributed by atoms with van der Waals surface area (Å²) in [7, 11) is 0. The first kappa shape index (κ1) is 20.3. The molecule has 0 saturated carbocycles. The maximum Gasteiger partial charge on any atom is 0.255 e. The summed E-state index contributed by atoms with van der Waals surface area (Å²) in [5.41, 5.74) is 4.33. The van der Waals surface area contributed by atoms with Gasteiger partial charge in [0.25, 0.3) is 5.91 Å². The molecule has 4 rings (SSSR count). The Morgan fingerprint density at radius 1 is 1.24 bits per heavy atom. The Hall–Kier alpha value is -1.98. The minimum absolute atomic E-state index is 0.0373. The lowest BCUT2D eigenvalue weighted by Crippen LogP contribution is -2.47. The predicted molar refractivity (Wildman–Crippen MR) is 119 cm³/mol. The van der Waals surface area contributed by atoms with Crippen LogP contribution in [0.3, 0.4) is 0 Å². The number of benzene rings is 2. The third-order valence-corrected chi connectivity index (χ3v) is 6.69. The molecule has 5 heteroatoms. The van der Waals surface area contributed by atoms with Crippen molar-refractivity contribution in [3.8, 4) is 5.75 Å². The lowest BCUT2D eigenvalue weighted by Gasteiger charge is -2.36. The molecule has 1 amide bonds. The first-order valence-corrected chi connectivity index (χ1v) is 11.6. The van der Waals surface area contributed by atoms with Crippen molar-refractivity contribution in [2.75, 3.05) is 19.3 Å². The van der Waals surface area contributed by atoms with E-state index < -0.39 is 0 Å². The SMILES string of the molecule is CCN1Cc2ccccc2C[C@H]1CNC(=O)c1cc(SC)cc2c1OC(C)(C)C2. The molecule has 1 atom stereocenters. The van der Waals surface area contributed by atoms with Crippen molar-refractivity contribution in [1.82, 2.24) is 10.2 Å². The van der Waals surface area contributed by atoms with Crippen molar-refractivity contribution >= 4 is 17.7 Å². The molecule has 1 N–H and O–H groups in total. The minimum atomic E-state index is -0.263. The van der Waals surface area contributed by atoms with Crippen LogP contribution in [0.2, 0.25) is 0 Å².